The second-order valence-electron chi connectivity index (χ2n) is 4.07. The van der Waals surface area contributed by atoms with Crippen molar-refractivity contribution < 1.29 is 19.0 Å². The van der Waals surface area contributed by atoms with Crippen LogP contribution in [0.5, 0.6) is 0 Å². The Morgan fingerprint density at radius 2 is 1.62 bits per heavy atom. The molecule has 1 amide bonds. The van der Waals surface area contributed by atoms with Gasteiger partial charge in [0.15, 0.2) is 0 Å². The molecule has 0 fully saturated rings. The predicted molar refractivity (Wildman–Crippen MR) is 77.8 cm³/mol. The van der Waals surface area contributed by atoms with E-state index in [1.807, 2.05) is 0 Å². The minimum Gasteiger partial charge on any atom is -0.379 e. The molecule has 0 aliphatic rings. The largest absolute Gasteiger partial charge is 0.379 e. The number of hydrogen-bond acceptors (Lipinski definition) is 6. The Labute approximate surface area is 124 Å². The van der Waals surface area contributed by atoms with Crippen molar-refractivity contribution in [2.24, 2.45) is 10.8 Å². The fourth-order valence-corrected chi connectivity index (χ4v) is 1.28. The summed E-state index contributed by atoms with van der Waals surface area (Å²) >= 11 is 0. The molecule has 9 nitrogen and oxygen atoms in total. The Morgan fingerprint density at radius 1 is 1.05 bits per heavy atom. The summed E-state index contributed by atoms with van der Waals surface area (Å²) in [6.45, 7) is 4.31. The molecular weight excluding hydrogens is 278 g/mol. The van der Waals surface area contributed by atoms with Crippen LogP contribution in [0.2, 0.25) is 0 Å². The number of nitrogens with two attached hydrogens (primary N) is 1. The second-order valence-corrected chi connectivity index (χ2v) is 4.07. The third-order valence-corrected chi connectivity index (χ3v) is 2.30. The number of rotatable bonds is 15. The monoisotopic (exact) mass is 303 g/mol. The van der Waals surface area contributed by atoms with E-state index in [9.17, 15) is 4.79 Å². The van der Waals surface area contributed by atoms with Crippen LogP contribution in [0, 0.1) is 0 Å². The minimum atomic E-state index is -0.286. The molecule has 0 atom stereocenters. The van der Waals surface area contributed by atoms with Crippen LogP contribution < -0.4 is 11.1 Å². The maximum Gasteiger partial charge on any atom is 0.225 e. The summed E-state index contributed by atoms with van der Waals surface area (Å²) in [6, 6.07) is 0. The molecule has 0 aliphatic heterocycles. The van der Waals surface area contributed by atoms with Gasteiger partial charge in [0, 0.05) is 24.7 Å². The van der Waals surface area contributed by atoms with E-state index in [-0.39, 0.29) is 12.5 Å². The van der Waals surface area contributed by atoms with Gasteiger partial charge in [-0.2, -0.15) is 0 Å². The zero-order valence-electron chi connectivity index (χ0n) is 12.3. The Morgan fingerprint density at radius 3 is 2.19 bits per heavy atom. The van der Waals surface area contributed by atoms with E-state index < -0.39 is 0 Å². The van der Waals surface area contributed by atoms with E-state index in [0.717, 1.165) is 6.42 Å². The van der Waals surface area contributed by atoms with Gasteiger partial charge in [-0.1, -0.05) is 5.11 Å². The van der Waals surface area contributed by atoms with Gasteiger partial charge in [0.05, 0.1) is 26.4 Å². The smallest absolute Gasteiger partial charge is 0.225 e. The van der Waals surface area contributed by atoms with Gasteiger partial charge < -0.3 is 25.3 Å². The number of nitrogens with one attached hydrogen (secondary N) is 1. The molecule has 122 valence electrons. The van der Waals surface area contributed by atoms with Gasteiger partial charge in [0.1, 0.15) is 6.54 Å². The first kappa shape index (κ1) is 19.6. The van der Waals surface area contributed by atoms with Crippen LogP contribution in [0.3, 0.4) is 0 Å². The summed E-state index contributed by atoms with van der Waals surface area (Å²) in [4.78, 5) is 13.5. The van der Waals surface area contributed by atoms with Crippen molar-refractivity contribution in [1.29, 1.82) is 0 Å². The summed E-state index contributed by atoms with van der Waals surface area (Å²) in [5.41, 5.74) is 13.4. The quantitative estimate of drug-likeness (QED) is 0.193. The topological polar surface area (TPSA) is 132 Å². The molecule has 0 aromatic rings. The number of carbonyl (C=O) groups excluding carboxylic acids is 1. The maximum atomic E-state index is 11.0. The fourth-order valence-electron chi connectivity index (χ4n) is 1.28. The summed E-state index contributed by atoms with van der Waals surface area (Å²) in [5, 5.41) is 5.77. The molecule has 0 aliphatic carbocycles. The molecule has 3 N–H and O–H groups in total. The van der Waals surface area contributed by atoms with Crippen molar-refractivity contribution in [1.82, 2.24) is 5.32 Å². The first-order valence-electron chi connectivity index (χ1n) is 7.02. The lowest BCUT2D eigenvalue weighted by atomic mass is 10.4. The molecule has 0 radical (unpaired) electrons. The molecule has 0 rings (SSSR count). The third kappa shape index (κ3) is 16.6. The SMILES string of the molecule is [N-]=[N+]=NCC(=O)NCCCOCCOCCOCCCN. The fraction of sp³-hybridized carbons (Fsp3) is 0.917. The highest BCUT2D eigenvalue weighted by atomic mass is 16.5. The van der Waals surface area contributed by atoms with Gasteiger partial charge in [-0.25, -0.2) is 0 Å². The lowest BCUT2D eigenvalue weighted by Gasteiger charge is -2.07. The van der Waals surface area contributed by atoms with Gasteiger partial charge in [-0.3, -0.25) is 4.79 Å². The van der Waals surface area contributed by atoms with Crippen molar-refractivity contribution in [3.05, 3.63) is 10.4 Å². The van der Waals surface area contributed by atoms with Crippen molar-refractivity contribution in [3.8, 4) is 0 Å². The van der Waals surface area contributed by atoms with Gasteiger partial charge in [-0.05, 0) is 24.9 Å². The molecule has 21 heavy (non-hydrogen) atoms. The van der Waals surface area contributed by atoms with Crippen LogP contribution in [0.25, 0.3) is 10.4 Å². The average molecular weight is 303 g/mol. The van der Waals surface area contributed by atoms with Crippen LogP contribution in [-0.4, -0.2) is 65.2 Å². The number of ether oxygens (including phenoxy) is 3. The number of azide groups is 1. The summed E-state index contributed by atoms with van der Waals surface area (Å²) in [6.07, 6.45) is 1.56. The van der Waals surface area contributed by atoms with Crippen LogP contribution in [0.4, 0.5) is 0 Å². The molecule has 9 heteroatoms. The molecule has 0 aromatic carbocycles. The lowest BCUT2D eigenvalue weighted by Crippen LogP contribution is -2.27. The van der Waals surface area contributed by atoms with Crippen molar-refractivity contribution >= 4 is 5.91 Å². The van der Waals surface area contributed by atoms with Crippen LogP contribution >= 0.6 is 0 Å². The molecule has 0 saturated carbocycles. The molecular formula is C12H25N5O4. The van der Waals surface area contributed by atoms with Crippen molar-refractivity contribution in [2.45, 2.75) is 12.8 Å². The average Bonchev–Trinajstić information content (AvgIpc) is 2.49. The normalized spacial score (nSPS) is 10.1. The standard InChI is InChI=1S/C12H25N5O4/c13-3-1-5-19-7-9-21-10-8-20-6-2-4-15-12(18)11-16-17-14/h1-11,13H2,(H,15,18). The Bertz CT molecular complexity index is 297. The first-order valence-corrected chi connectivity index (χ1v) is 7.02. The Hall–Kier alpha value is -1.38. The van der Waals surface area contributed by atoms with Gasteiger partial charge in [-0.15, -0.1) is 0 Å². The van der Waals surface area contributed by atoms with E-state index in [4.69, 9.17) is 25.5 Å². The number of hydrogen-bond donors (Lipinski definition) is 2. The number of carbonyl (C=O) groups is 1. The van der Waals surface area contributed by atoms with Gasteiger partial charge in [0.2, 0.25) is 5.91 Å². The highest BCUT2D eigenvalue weighted by molar-refractivity contribution is 5.78. The van der Waals surface area contributed by atoms with E-state index in [1.54, 1.807) is 0 Å². The minimum absolute atomic E-state index is 0.168. The third-order valence-electron chi connectivity index (χ3n) is 2.30. The highest BCUT2D eigenvalue weighted by Crippen LogP contribution is 1.85. The second kappa shape index (κ2) is 16.7. The van der Waals surface area contributed by atoms with Gasteiger partial charge in [0.25, 0.3) is 0 Å². The van der Waals surface area contributed by atoms with E-state index in [1.165, 1.54) is 0 Å². The van der Waals surface area contributed by atoms with Crippen LogP contribution in [-0.2, 0) is 19.0 Å². The molecule has 0 saturated heterocycles. The van der Waals surface area contributed by atoms with Crippen molar-refractivity contribution in [3.63, 3.8) is 0 Å². The predicted octanol–water partition coefficient (Wildman–Crippen LogP) is 0.202. The van der Waals surface area contributed by atoms with Crippen LogP contribution in [0.1, 0.15) is 12.8 Å². The lowest BCUT2D eigenvalue weighted by molar-refractivity contribution is -0.119. The zero-order valence-corrected chi connectivity index (χ0v) is 12.3. The van der Waals surface area contributed by atoms with E-state index in [2.05, 4.69) is 15.3 Å². The number of nitrogens with zero attached hydrogens (tertiary/aromatic N) is 3. The summed E-state index contributed by atoms with van der Waals surface area (Å²) < 4.78 is 15.9. The molecule has 0 aromatic heterocycles. The number of amides is 1. The zero-order chi connectivity index (χ0) is 15.6. The molecule has 0 unspecified atom stereocenters. The first-order chi connectivity index (χ1) is 10.3. The summed E-state index contributed by atoms with van der Waals surface area (Å²) in [7, 11) is 0. The summed E-state index contributed by atoms with van der Waals surface area (Å²) in [5.74, 6) is -0.286. The Balaban J connectivity index is 3.09. The molecule has 0 heterocycles. The highest BCUT2D eigenvalue weighted by Gasteiger charge is 1.97. The maximum absolute atomic E-state index is 11.0. The van der Waals surface area contributed by atoms with E-state index in [0.29, 0.717) is 59.2 Å². The van der Waals surface area contributed by atoms with Crippen molar-refractivity contribution in [2.75, 3.05) is 59.3 Å². The van der Waals surface area contributed by atoms with Crippen LogP contribution in [0.15, 0.2) is 5.11 Å². The van der Waals surface area contributed by atoms with E-state index >= 15 is 0 Å². The van der Waals surface area contributed by atoms with Gasteiger partial charge >= 0.3 is 0 Å². The Kier molecular flexibility index (Phi) is 15.6. The molecule has 0 spiro atoms. The molecule has 0 bridgehead atoms.